The van der Waals surface area contributed by atoms with Gasteiger partial charge < -0.3 is 4.74 Å². The molecule has 0 heterocycles. The topological polar surface area (TPSA) is 47.6 Å². The van der Waals surface area contributed by atoms with Crippen molar-refractivity contribution >= 4 is 5.91 Å². The molecule has 0 aliphatic rings. The second-order valence-electron chi connectivity index (χ2n) is 4.99. The van der Waals surface area contributed by atoms with Gasteiger partial charge in [0.2, 0.25) is 5.91 Å². The summed E-state index contributed by atoms with van der Waals surface area (Å²) in [7, 11) is 1.44. The van der Waals surface area contributed by atoms with Gasteiger partial charge in [0.15, 0.2) is 0 Å². The minimum absolute atomic E-state index is 0.135. The molecule has 20 heavy (non-hydrogen) atoms. The van der Waals surface area contributed by atoms with Crippen LogP contribution in [-0.4, -0.2) is 26.2 Å². The number of hydroxylamine groups is 1. The van der Waals surface area contributed by atoms with Gasteiger partial charge >= 0.3 is 0 Å². The maximum absolute atomic E-state index is 12.0. The van der Waals surface area contributed by atoms with E-state index >= 15 is 0 Å². The van der Waals surface area contributed by atoms with Crippen LogP contribution in [0.3, 0.4) is 0 Å². The monoisotopic (exact) mass is 279 g/mol. The molecule has 1 aromatic rings. The van der Waals surface area contributed by atoms with Crippen LogP contribution in [0.4, 0.5) is 0 Å². The maximum Gasteiger partial charge on any atom is 0.249 e. The normalized spacial score (nSPS) is 12.2. The van der Waals surface area contributed by atoms with E-state index < -0.39 is 0 Å². The molecular formula is C16H25NO3. The van der Waals surface area contributed by atoms with Crippen LogP contribution >= 0.6 is 0 Å². The number of rotatable bonds is 9. The smallest absolute Gasteiger partial charge is 0.249 e. The second-order valence-corrected chi connectivity index (χ2v) is 4.99. The first-order chi connectivity index (χ1) is 9.67. The molecule has 0 saturated heterocycles. The second kappa shape index (κ2) is 9.50. The average molecular weight is 279 g/mol. The fraction of sp³-hybridized carbons (Fsp3) is 0.562. The molecule has 0 aromatic heterocycles. The molecule has 0 spiro atoms. The van der Waals surface area contributed by atoms with Crippen LogP contribution in [0.15, 0.2) is 24.3 Å². The zero-order chi connectivity index (χ0) is 14.8. The number of hydrogen-bond donors (Lipinski definition) is 1. The molecule has 1 N–H and O–H groups in total. The maximum atomic E-state index is 12.0. The number of nitrogens with one attached hydrogen (secondary N) is 1. The summed E-state index contributed by atoms with van der Waals surface area (Å²) in [5.74, 6) is -0.362. The lowest BCUT2D eigenvalue weighted by atomic mass is 9.99. The highest BCUT2D eigenvalue weighted by molar-refractivity contribution is 5.78. The van der Waals surface area contributed by atoms with Gasteiger partial charge in [0.1, 0.15) is 0 Å². The third-order valence-corrected chi connectivity index (χ3v) is 3.14. The molecule has 1 amide bonds. The lowest BCUT2D eigenvalue weighted by molar-refractivity contribution is -0.137. The molecule has 0 aliphatic heterocycles. The van der Waals surface area contributed by atoms with Gasteiger partial charge in [-0.15, -0.1) is 0 Å². The van der Waals surface area contributed by atoms with E-state index in [1.165, 1.54) is 12.7 Å². The van der Waals surface area contributed by atoms with Crippen molar-refractivity contribution in [2.75, 3.05) is 20.3 Å². The van der Waals surface area contributed by atoms with Gasteiger partial charge in [-0.05, 0) is 25.3 Å². The number of carbonyl (C=O) groups is 1. The molecule has 0 saturated carbocycles. The van der Waals surface area contributed by atoms with Crippen LogP contribution in [0.25, 0.3) is 0 Å². The summed E-state index contributed by atoms with van der Waals surface area (Å²) in [6.07, 6.45) is 2.76. The first-order valence-corrected chi connectivity index (χ1v) is 7.13. The van der Waals surface area contributed by atoms with Crippen molar-refractivity contribution in [1.29, 1.82) is 0 Å². The standard InChI is InChI=1S/C16H25NO3/c1-4-5-10-20-12-15(16(18)17-19-3)11-14-8-6-13(2)7-9-14/h6-9,15H,4-5,10-12H2,1-3H3,(H,17,18). The number of ether oxygens (including phenoxy) is 1. The Labute approximate surface area is 121 Å². The van der Waals surface area contributed by atoms with Gasteiger partial charge in [0.05, 0.1) is 19.6 Å². The van der Waals surface area contributed by atoms with Crippen molar-refractivity contribution in [3.8, 4) is 0 Å². The highest BCUT2D eigenvalue weighted by atomic mass is 16.6. The summed E-state index contributed by atoms with van der Waals surface area (Å²) < 4.78 is 5.58. The van der Waals surface area contributed by atoms with Gasteiger partial charge in [-0.25, -0.2) is 5.48 Å². The Morgan fingerprint density at radius 3 is 2.60 bits per heavy atom. The van der Waals surface area contributed by atoms with Crippen LogP contribution < -0.4 is 5.48 Å². The number of amides is 1. The minimum atomic E-state index is -0.227. The molecule has 0 bridgehead atoms. The third kappa shape index (κ3) is 6.17. The van der Waals surface area contributed by atoms with E-state index in [0.717, 1.165) is 18.4 Å². The van der Waals surface area contributed by atoms with E-state index in [0.29, 0.717) is 19.6 Å². The Hall–Kier alpha value is -1.39. The fourth-order valence-corrected chi connectivity index (χ4v) is 1.89. The first kappa shape index (κ1) is 16.7. The summed E-state index contributed by atoms with van der Waals surface area (Å²) >= 11 is 0. The molecule has 0 aliphatic carbocycles. The summed E-state index contributed by atoms with van der Waals surface area (Å²) in [5.41, 5.74) is 4.74. The van der Waals surface area contributed by atoms with E-state index in [2.05, 4.69) is 36.7 Å². The number of carbonyl (C=O) groups excluding carboxylic acids is 1. The van der Waals surface area contributed by atoms with E-state index in [1.807, 2.05) is 6.92 Å². The average Bonchev–Trinajstić information content (AvgIpc) is 2.44. The molecule has 112 valence electrons. The zero-order valence-electron chi connectivity index (χ0n) is 12.6. The highest BCUT2D eigenvalue weighted by Gasteiger charge is 2.19. The van der Waals surface area contributed by atoms with Gasteiger partial charge in [-0.1, -0.05) is 43.2 Å². The van der Waals surface area contributed by atoms with Crippen LogP contribution in [0.1, 0.15) is 30.9 Å². The zero-order valence-corrected chi connectivity index (χ0v) is 12.6. The van der Waals surface area contributed by atoms with Gasteiger partial charge in [-0.2, -0.15) is 0 Å². The van der Waals surface area contributed by atoms with Gasteiger partial charge in [0.25, 0.3) is 0 Å². The van der Waals surface area contributed by atoms with Crippen LogP contribution in [0.2, 0.25) is 0 Å². The molecule has 4 nitrogen and oxygen atoms in total. The lowest BCUT2D eigenvalue weighted by Gasteiger charge is -2.16. The number of unbranched alkanes of at least 4 members (excludes halogenated alkanes) is 1. The lowest BCUT2D eigenvalue weighted by Crippen LogP contribution is -2.34. The van der Waals surface area contributed by atoms with Gasteiger partial charge in [0, 0.05) is 6.61 Å². The predicted molar refractivity (Wildman–Crippen MR) is 79.3 cm³/mol. The summed E-state index contributed by atoms with van der Waals surface area (Å²) in [6, 6.07) is 8.21. The van der Waals surface area contributed by atoms with Crippen molar-refractivity contribution in [2.24, 2.45) is 5.92 Å². The van der Waals surface area contributed by atoms with E-state index in [4.69, 9.17) is 9.57 Å². The van der Waals surface area contributed by atoms with Crippen molar-refractivity contribution in [3.05, 3.63) is 35.4 Å². The summed E-state index contributed by atoms with van der Waals surface area (Å²) in [4.78, 5) is 16.7. The van der Waals surface area contributed by atoms with Crippen molar-refractivity contribution in [1.82, 2.24) is 5.48 Å². The van der Waals surface area contributed by atoms with E-state index in [-0.39, 0.29) is 11.8 Å². The molecule has 1 atom stereocenters. The highest BCUT2D eigenvalue weighted by Crippen LogP contribution is 2.11. The molecular weight excluding hydrogens is 254 g/mol. The quantitative estimate of drug-likeness (QED) is 0.558. The Bertz CT molecular complexity index is 389. The summed E-state index contributed by atoms with van der Waals surface area (Å²) in [5, 5.41) is 0. The molecule has 4 heteroatoms. The molecule has 1 unspecified atom stereocenters. The Kier molecular flexibility index (Phi) is 7.92. The molecule has 1 rings (SSSR count). The van der Waals surface area contributed by atoms with Gasteiger partial charge in [-0.3, -0.25) is 9.63 Å². The van der Waals surface area contributed by atoms with Crippen LogP contribution in [0, 0.1) is 12.8 Å². The number of aryl methyl sites for hydroxylation is 1. The Morgan fingerprint density at radius 1 is 1.30 bits per heavy atom. The SMILES string of the molecule is CCCCOCC(Cc1ccc(C)cc1)C(=O)NOC. The Balaban J connectivity index is 2.56. The number of hydrogen-bond acceptors (Lipinski definition) is 3. The Morgan fingerprint density at radius 2 is 2.00 bits per heavy atom. The van der Waals surface area contributed by atoms with Crippen molar-refractivity contribution in [3.63, 3.8) is 0 Å². The fourth-order valence-electron chi connectivity index (χ4n) is 1.89. The van der Waals surface area contributed by atoms with Crippen molar-refractivity contribution in [2.45, 2.75) is 33.1 Å². The first-order valence-electron chi connectivity index (χ1n) is 7.13. The minimum Gasteiger partial charge on any atom is -0.381 e. The van der Waals surface area contributed by atoms with Crippen molar-refractivity contribution < 1.29 is 14.4 Å². The summed E-state index contributed by atoms with van der Waals surface area (Å²) in [6.45, 7) is 5.28. The van der Waals surface area contributed by atoms with Crippen LogP contribution in [0.5, 0.6) is 0 Å². The number of benzene rings is 1. The largest absolute Gasteiger partial charge is 0.381 e. The predicted octanol–water partition coefficient (Wildman–Crippen LogP) is 2.65. The molecule has 0 radical (unpaired) electrons. The third-order valence-electron chi connectivity index (χ3n) is 3.14. The van der Waals surface area contributed by atoms with E-state index in [1.54, 1.807) is 0 Å². The molecule has 0 fully saturated rings. The van der Waals surface area contributed by atoms with Crippen LogP contribution in [-0.2, 0) is 20.8 Å². The molecule has 1 aromatic carbocycles. The van der Waals surface area contributed by atoms with E-state index in [9.17, 15) is 4.79 Å².